The van der Waals surface area contributed by atoms with E-state index in [1.807, 2.05) is 6.92 Å². The lowest BCUT2D eigenvalue weighted by Gasteiger charge is -2.00. The Labute approximate surface area is 72.4 Å². The third-order valence-electron chi connectivity index (χ3n) is 1.61. The van der Waals surface area contributed by atoms with Gasteiger partial charge in [0.15, 0.2) is 14.9 Å². The second-order valence-electron chi connectivity index (χ2n) is 2.72. The van der Waals surface area contributed by atoms with E-state index in [4.69, 9.17) is 0 Å². The molecule has 1 aromatic heterocycles. The second-order valence-corrected chi connectivity index (χ2v) is 4.68. The van der Waals surface area contributed by atoms with Gasteiger partial charge in [0.1, 0.15) is 0 Å². The first-order valence-corrected chi connectivity index (χ1v) is 5.36. The highest BCUT2D eigenvalue weighted by atomic mass is 32.2. The van der Waals surface area contributed by atoms with Crippen LogP contribution in [-0.4, -0.2) is 19.7 Å². The van der Waals surface area contributed by atoms with Crippen molar-refractivity contribution >= 4 is 9.84 Å². The molecule has 0 fully saturated rings. The molecule has 65 valence electrons. The molecule has 0 spiro atoms. The van der Waals surface area contributed by atoms with Gasteiger partial charge < -0.3 is 0 Å². The zero-order chi connectivity index (χ0) is 9.35. The van der Waals surface area contributed by atoms with Crippen molar-refractivity contribution in [2.75, 3.05) is 6.26 Å². The summed E-state index contributed by atoms with van der Waals surface area (Å²) in [7, 11) is -3.18. The number of rotatable bonds is 1. The molecule has 1 heterocycles. The maximum atomic E-state index is 11.0. The highest BCUT2D eigenvalue weighted by Crippen LogP contribution is 2.08. The Bertz CT molecular complexity index is 396. The summed E-state index contributed by atoms with van der Waals surface area (Å²) in [4.78, 5) is 3.92. The lowest BCUT2D eigenvalue weighted by atomic mass is 10.2. The van der Waals surface area contributed by atoms with E-state index in [0.29, 0.717) is 5.69 Å². The average Bonchev–Trinajstić information content (AvgIpc) is 1.92. The Balaban J connectivity index is 3.33. The van der Waals surface area contributed by atoms with Crippen molar-refractivity contribution < 1.29 is 8.42 Å². The van der Waals surface area contributed by atoms with E-state index in [9.17, 15) is 8.42 Å². The lowest BCUT2D eigenvalue weighted by molar-refractivity contribution is 0.597. The molecule has 0 atom stereocenters. The van der Waals surface area contributed by atoms with Crippen molar-refractivity contribution in [2.24, 2.45) is 0 Å². The summed E-state index contributed by atoms with van der Waals surface area (Å²) >= 11 is 0. The van der Waals surface area contributed by atoms with Gasteiger partial charge in [-0.05, 0) is 31.5 Å². The smallest absolute Gasteiger partial charge is 0.192 e. The first kappa shape index (κ1) is 9.19. The Hall–Kier alpha value is -0.900. The molecule has 0 aliphatic rings. The van der Waals surface area contributed by atoms with Crippen molar-refractivity contribution in [3.05, 3.63) is 23.4 Å². The quantitative estimate of drug-likeness (QED) is 0.651. The summed E-state index contributed by atoms with van der Waals surface area (Å²) in [5, 5.41) is 0.0885. The van der Waals surface area contributed by atoms with Crippen LogP contribution in [0.2, 0.25) is 0 Å². The summed E-state index contributed by atoms with van der Waals surface area (Å²) in [5.41, 5.74) is 1.58. The summed E-state index contributed by atoms with van der Waals surface area (Å²) in [6, 6.07) is 4.23. The van der Waals surface area contributed by atoms with Crippen LogP contribution in [0.15, 0.2) is 11.1 Å². The molecular formula is C8H10NO2S. The number of aromatic nitrogens is 1. The van der Waals surface area contributed by atoms with Gasteiger partial charge in [-0.2, -0.15) is 0 Å². The second kappa shape index (κ2) is 2.86. The van der Waals surface area contributed by atoms with E-state index in [1.165, 1.54) is 6.07 Å². The van der Waals surface area contributed by atoms with Crippen molar-refractivity contribution in [3.63, 3.8) is 0 Å². The maximum absolute atomic E-state index is 11.0. The van der Waals surface area contributed by atoms with Gasteiger partial charge in [-0.25, -0.2) is 13.4 Å². The molecule has 0 saturated heterocycles. The lowest BCUT2D eigenvalue weighted by Crippen LogP contribution is -2.02. The minimum Gasteiger partial charge on any atom is -0.241 e. The fourth-order valence-electron chi connectivity index (χ4n) is 0.746. The van der Waals surface area contributed by atoms with Gasteiger partial charge in [0, 0.05) is 11.9 Å². The molecule has 0 unspecified atom stereocenters. The zero-order valence-electron chi connectivity index (χ0n) is 7.25. The molecule has 4 heteroatoms. The van der Waals surface area contributed by atoms with E-state index in [-0.39, 0.29) is 5.03 Å². The van der Waals surface area contributed by atoms with Crippen LogP contribution in [0.3, 0.4) is 0 Å². The van der Waals surface area contributed by atoms with Crippen molar-refractivity contribution in [1.29, 1.82) is 0 Å². The molecule has 0 saturated carbocycles. The highest BCUT2D eigenvalue weighted by Gasteiger charge is 2.08. The van der Waals surface area contributed by atoms with Crippen LogP contribution < -0.4 is 0 Å². The average molecular weight is 184 g/mol. The minimum atomic E-state index is -3.18. The Kier molecular flexibility index (Phi) is 2.19. The number of sulfone groups is 1. The van der Waals surface area contributed by atoms with Crippen LogP contribution in [-0.2, 0) is 9.84 Å². The Morgan fingerprint density at radius 2 is 2.00 bits per heavy atom. The standard InChI is InChI=1S/C8H10NO2S/c1-6-4-5-8(9-7(6)2)12(3,10)11/h5H,1-3H3. The number of hydrogen-bond donors (Lipinski definition) is 0. The van der Waals surface area contributed by atoms with E-state index in [2.05, 4.69) is 11.1 Å². The molecule has 0 aliphatic heterocycles. The first-order valence-electron chi connectivity index (χ1n) is 3.47. The van der Waals surface area contributed by atoms with Gasteiger partial charge in [0.2, 0.25) is 0 Å². The molecule has 12 heavy (non-hydrogen) atoms. The predicted molar refractivity (Wildman–Crippen MR) is 45.7 cm³/mol. The van der Waals surface area contributed by atoms with Crippen molar-refractivity contribution in [1.82, 2.24) is 4.98 Å². The van der Waals surface area contributed by atoms with Crippen LogP contribution in [0.1, 0.15) is 11.3 Å². The molecule has 1 rings (SSSR count). The monoisotopic (exact) mass is 184 g/mol. The first-order chi connectivity index (χ1) is 5.41. The molecular weight excluding hydrogens is 174 g/mol. The molecule has 1 aromatic rings. The van der Waals surface area contributed by atoms with Gasteiger partial charge >= 0.3 is 0 Å². The van der Waals surface area contributed by atoms with Crippen molar-refractivity contribution in [3.8, 4) is 0 Å². The minimum absolute atomic E-state index is 0.0885. The molecule has 0 aromatic carbocycles. The number of nitrogens with zero attached hydrogens (tertiary/aromatic N) is 1. The fourth-order valence-corrected chi connectivity index (χ4v) is 1.32. The summed E-state index contributed by atoms with van der Waals surface area (Å²) in [5.74, 6) is 0. The van der Waals surface area contributed by atoms with E-state index >= 15 is 0 Å². The number of pyridine rings is 1. The van der Waals surface area contributed by atoms with Crippen LogP contribution in [0, 0.1) is 19.9 Å². The Morgan fingerprint density at radius 3 is 2.42 bits per heavy atom. The number of hydrogen-bond acceptors (Lipinski definition) is 3. The third-order valence-corrected chi connectivity index (χ3v) is 2.58. The van der Waals surface area contributed by atoms with Gasteiger partial charge in [-0.3, -0.25) is 0 Å². The van der Waals surface area contributed by atoms with Crippen LogP contribution >= 0.6 is 0 Å². The molecule has 0 N–H and O–H groups in total. The largest absolute Gasteiger partial charge is 0.241 e. The van der Waals surface area contributed by atoms with E-state index in [0.717, 1.165) is 11.8 Å². The van der Waals surface area contributed by atoms with Crippen molar-refractivity contribution in [2.45, 2.75) is 18.9 Å². The summed E-state index contributed by atoms with van der Waals surface area (Å²) < 4.78 is 22.0. The molecule has 0 bridgehead atoms. The summed E-state index contributed by atoms with van der Waals surface area (Å²) in [6.45, 7) is 3.61. The van der Waals surface area contributed by atoms with E-state index in [1.54, 1.807) is 6.92 Å². The predicted octanol–water partition coefficient (Wildman–Crippen LogP) is 0.902. The van der Waals surface area contributed by atoms with Gasteiger partial charge in [-0.15, -0.1) is 0 Å². The maximum Gasteiger partial charge on any atom is 0.192 e. The molecule has 1 radical (unpaired) electrons. The van der Waals surface area contributed by atoms with Crippen LogP contribution in [0.4, 0.5) is 0 Å². The van der Waals surface area contributed by atoms with Gasteiger partial charge in [-0.1, -0.05) is 0 Å². The highest BCUT2D eigenvalue weighted by molar-refractivity contribution is 7.90. The topological polar surface area (TPSA) is 47.0 Å². The zero-order valence-corrected chi connectivity index (χ0v) is 8.07. The van der Waals surface area contributed by atoms with Gasteiger partial charge in [0.25, 0.3) is 0 Å². The van der Waals surface area contributed by atoms with E-state index < -0.39 is 9.84 Å². The normalized spacial score (nSPS) is 11.6. The number of aryl methyl sites for hydroxylation is 2. The molecule has 0 amide bonds. The molecule has 3 nitrogen and oxygen atoms in total. The third kappa shape index (κ3) is 1.82. The van der Waals surface area contributed by atoms with Gasteiger partial charge in [0.05, 0.1) is 0 Å². The SMILES string of the molecule is Cc1[c]cc(S(C)(=O)=O)nc1C. The fraction of sp³-hybridized carbons (Fsp3) is 0.375. The summed E-state index contributed by atoms with van der Waals surface area (Å²) in [6.07, 6.45) is 1.14. The van der Waals surface area contributed by atoms with Crippen LogP contribution in [0.5, 0.6) is 0 Å². The molecule has 0 aliphatic carbocycles. The van der Waals surface area contributed by atoms with Crippen LogP contribution in [0.25, 0.3) is 0 Å². The Morgan fingerprint density at radius 1 is 1.42 bits per heavy atom.